The molecule has 0 bridgehead atoms. The fourth-order valence-electron chi connectivity index (χ4n) is 4.21. The van der Waals surface area contributed by atoms with E-state index in [9.17, 15) is 9.59 Å². The van der Waals surface area contributed by atoms with Crippen molar-refractivity contribution in [1.29, 1.82) is 0 Å². The number of aromatic amines is 1. The number of H-pyrrole nitrogens is 1. The van der Waals surface area contributed by atoms with Crippen molar-refractivity contribution in [3.63, 3.8) is 0 Å². The van der Waals surface area contributed by atoms with Crippen LogP contribution in [0.2, 0.25) is 5.02 Å². The number of halogens is 1. The second-order valence-corrected chi connectivity index (χ2v) is 10.9. The van der Waals surface area contributed by atoms with Crippen molar-refractivity contribution in [1.82, 2.24) is 15.3 Å². The molecule has 1 aromatic carbocycles. The molecule has 4 rings (SSSR count). The van der Waals surface area contributed by atoms with Gasteiger partial charge in [0, 0.05) is 29.3 Å². The number of hydrogen-bond acceptors (Lipinski definition) is 4. The average Bonchev–Trinajstić information content (AvgIpc) is 3.09. The second kappa shape index (κ2) is 8.75. The summed E-state index contributed by atoms with van der Waals surface area (Å²) >= 11 is 7.53. The highest BCUT2D eigenvalue weighted by Crippen LogP contribution is 2.41. The number of thiophene rings is 1. The van der Waals surface area contributed by atoms with E-state index >= 15 is 0 Å². The van der Waals surface area contributed by atoms with Crippen molar-refractivity contribution in [2.45, 2.75) is 59.4 Å². The van der Waals surface area contributed by atoms with Crippen LogP contribution in [0.1, 0.15) is 55.4 Å². The van der Waals surface area contributed by atoms with Crippen LogP contribution in [-0.4, -0.2) is 15.9 Å². The summed E-state index contributed by atoms with van der Waals surface area (Å²) in [6.07, 6.45) is 3.75. The maximum Gasteiger partial charge on any atom is 0.259 e. The van der Waals surface area contributed by atoms with Crippen LogP contribution >= 0.6 is 22.9 Å². The first-order chi connectivity index (χ1) is 14.7. The minimum Gasteiger partial charge on any atom is -0.352 e. The van der Waals surface area contributed by atoms with E-state index in [0.717, 1.165) is 35.0 Å². The lowest BCUT2D eigenvalue weighted by atomic mass is 9.72. The molecular formula is C24H28ClN3O2S. The Hall–Kier alpha value is -2.18. The molecule has 1 amide bonds. The van der Waals surface area contributed by atoms with E-state index in [2.05, 4.69) is 31.1 Å². The highest BCUT2D eigenvalue weighted by Gasteiger charge is 2.31. The van der Waals surface area contributed by atoms with Crippen molar-refractivity contribution >= 4 is 39.1 Å². The first-order valence-corrected chi connectivity index (χ1v) is 11.9. The van der Waals surface area contributed by atoms with Gasteiger partial charge in [-0.3, -0.25) is 9.59 Å². The number of aryl methyl sites for hydroxylation is 2. The fourth-order valence-corrected chi connectivity index (χ4v) is 5.65. The highest BCUT2D eigenvalue weighted by atomic mass is 35.5. The van der Waals surface area contributed by atoms with E-state index in [4.69, 9.17) is 16.6 Å². The summed E-state index contributed by atoms with van der Waals surface area (Å²) in [5, 5.41) is 4.32. The molecule has 0 saturated carbocycles. The van der Waals surface area contributed by atoms with E-state index in [0.29, 0.717) is 29.7 Å². The third kappa shape index (κ3) is 5.01. The second-order valence-electron chi connectivity index (χ2n) is 9.41. The molecule has 2 aromatic heterocycles. The number of fused-ring (bicyclic) bond motifs is 3. The van der Waals surface area contributed by atoms with E-state index in [1.165, 1.54) is 10.4 Å². The molecule has 0 aliphatic heterocycles. The molecule has 0 fully saturated rings. The van der Waals surface area contributed by atoms with Gasteiger partial charge in [-0.2, -0.15) is 0 Å². The number of hydrogen-bond donors (Lipinski definition) is 2. The first kappa shape index (κ1) is 22.0. The number of amides is 1. The van der Waals surface area contributed by atoms with Gasteiger partial charge in [0.1, 0.15) is 10.7 Å². The van der Waals surface area contributed by atoms with E-state index in [1.807, 2.05) is 12.1 Å². The zero-order valence-electron chi connectivity index (χ0n) is 18.2. The Kier molecular flexibility index (Phi) is 6.22. The van der Waals surface area contributed by atoms with Gasteiger partial charge in [-0.05, 0) is 53.9 Å². The number of carbonyl (C=O) groups is 1. The Balaban J connectivity index is 1.43. The predicted octanol–water partition coefficient (Wildman–Crippen LogP) is 5.04. The Bertz CT molecular complexity index is 1160. The van der Waals surface area contributed by atoms with Crippen LogP contribution in [0.25, 0.3) is 10.2 Å². The SMILES string of the molecule is CC(C)(C)[C@@H]1CCc2c(sc3nc(CCC(=O)NCc4ccc(Cl)cc4)[nH]c(=O)c23)C1. The minimum absolute atomic E-state index is 0.0730. The lowest BCUT2D eigenvalue weighted by Crippen LogP contribution is -2.26. The summed E-state index contributed by atoms with van der Waals surface area (Å²) in [6, 6.07) is 7.38. The number of rotatable bonds is 5. The zero-order valence-corrected chi connectivity index (χ0v) is 19.8. The molecule has 5 nitrogen and oxygen atoms in total. The molecule has 31 heavy (non-hydrogen) atoms. The van der Waals surface area contributed by atoms with Crippen LogP contribution in [0.4, 0.5) is 0 Å². The molecule has 1 atom stereocenters. The molecule has 0 saturated heterocycles. The lowest BCUT2D eigenvalue weighted by Gasteiger charge is -2.33. The number of benzene rings is 1. The molecule has 1 aliphatic carbocycles. The molecule has 0 spiro atoms. The molecule has 2 N–H and O–H groups in total. The van der Waals surface area contributed by atoms with Gasteiger partial charge in [0.2, 0.25) is 5.91 Å². The normalized spacial score (nSPS) is 16.3. The molecule has 0 radical (unpaired) electrons. The average molecular weight is 458 g/mol. The smallest absolute Gasteiger partial charge is 0.259 e. The van der Waals surface area contributed by atoms with Crippen LogP contribution in [-0.2, 0) is 30.6 Å². The Morgan fingerprint density at radius 1 is 1.29 bits per heavy atom. The summed E-state index contributed by atoms with van der Waals surface area (Å²) in [7, 11) is 0. The molecule has 164 valence electrons. The van der Waals surface area contributed by atoms with Gasteiger partial charge in [0.15, 0.2) is 0 Å². The summed E-state index contributed by atoms with van der Waals surface area (Å²) in [5.41, 5.74) is 2.36. The molecule has 7 heteroatoms. The van der Waals surface area contributed by atoms with E-state index in [1.54, 1.807) is 23.5 Å². The largest absolute Gasteiger partial charge is 0.352 e. The van der Waals surface area contributed by atoms with Crippen molar-refractivity contribution in [2.24, 2.45) is 11.3 Å². The topological polar surface area (TPSA) is 74.8 Å². The minimum atomic E-state index is -0.0757. The summed E-state index contributed by atoms with van der Waals surface area (Å²) in [4.78, 5) is 34.7. The highest BCUT2D eigenvalue weighted by molar-refractivity contribution is 7.18. The summed E-state index contributed by atoms with van der Waals surface area (Å²) in [6.45, 7) is 7.32. The monoisotopic (exact) mass is 457 g/mol. The van der Waals surface area contributed by atoms with Crippen LogP contribution in [0, 0.1) is 11.3 Å². The zero-order chi connectivity index (χ0) is 22.2. The number of nitrogens with one attached hydrogen (secondary N) is 2. The maximum atomic E-state index is 12.8. The summed E-state index contributed by atoms with van der Waals surface area (Å²) in [5.74, 6) is 1.12. The number of nitrogens with zero attached hydrogens (tertiary/aromatic N) is 1. The Morgan fingerprint density at radius 3 is 2.74 bits per heavy atom. The summed E-state index contributed by atoms with van der Waals surface area (Å²) < 4.78 is 0. The molecule has 2 heterocycles. The molecule has 1 aliphatic rings. The van der Waals surface area contributed by atoms with Gasteiger partial charge in [0.25, 0.3) is 5.56 Å². The van der Waals surface area contributed by atoms with Gasteiger partial charge in [0.05, 0.1) is 5.39 Å². The molecular weight excluding hydrogens is 430 g/mol. The maximum absolute atomic E-state index is 12.8. The lowest BCUT2D eigenvalue weighted by molar-refractivity contribution is -0.121. The fraction of sp³-hybridized carbons (Fsp3) is 0.458. The van der Waals surface area contributed by atoms with Crippen LogP contribution < -0.4 is 10.9 Å². The van der Waals surface area contributed by atoms with E-state index in [-0.39, 0.29) is 23.3 Å². The first-order valence-electron chi connectivity index (χ1n) is 10.8. The van der Waals surface area contributed by atoms with Crippen molar-refractivity contribution < 1.29 is 4.79 Å². The van der Waals surface area contributed by atoms with Gasteiger partial charge in [-0.15, -0.1) is 11.3 Å². The Morgan fingerprint density at radius 2 is 2.03 bits per heavy atom. The van der Waals surface area contributed by atoms with Crippen LogP contribution in [0.3, 0.4) is 0 Å². The van der Waals surface area contributed by atoms with Crippen LogP contribution in [0.15, 0.2) is 29.1 Å². The quantitative estimate of drug-likeness (QED) is 0.563. The number of carbonyl (C=O) groups excluding carboxylic acids is 1. The third-order valence-corrected chi connectivity index (χ3v) is 7.58. The van der Waals surface area contributed by atoms with Gasteiger partial charge in [-0.1, -0.05) is 44.5 Å². The van der Waals surface area contributed by atoms with Gasteiger partial charge in [-0.25, -0.2) is 4.98 Å². The standard InChI is InChI=1S/C24H28ClN3O2S/c1-24(2,3)15-6-9-17-18(12-15)31-23-21(17)22(30)27-19(28-23)10-11-20(29)26-13-14-4-7-16(25)8-5-14/h4-5,7-8,15H,6,9-13H2,1-3H3,(H,26,29)(H,27,28,30)/t15-/m1/s1. The van der Waals surface area contributed by atoms with Crippen molar-refractivity contribution in [2.75, 3.05) is 0 Å². The van der Waals surface area contributed by atoms with Gasteiger partial charge >= 0.3 is 0 Å². The number of aromatic nitrogens is 2. The molecule has 0 unspecified atom stereocenters. The Labute approximate surface area is 191 Å². The third-order valence-electron chi connectivity index (χ3n) is 6.18. The molecule has 3 aromatic rings. The van der Waals surface area contributed by atoms with Crippen molar-refractivity contribution in [3.05, 3.63) is 61.5 Å². The predicted molar refractivity (Wildman–Crippen MR) is 127 cm³/mol. The van der Waals surface area contributed by atoms with Gasteiger partial charge < -0.3 is 10.3 Å². The van der Waals surface area contributed by atoms with E-state index < -0.39 is 0 Å². The van der Waals surface area contributed by atoms with Crippen molar-refractivity contribution in [3.8, 4) is 0 Å². The van der Waals surface area contributed by atoms with Crippen LogP contribution in [0.5, 0.6) is 0 Å².